The number of ether oxygens (including phenoxy) is 1. The fraction of sp³-hybridized carbons (Fsp3) is 0.211. The molecule has 0 aliphatic rings. The highest BCUT2D eigenvalue weighted by atomic mass is 79.9. The molecule has 9 nitrogen and oxygen atoms in total. The predicted octanol–water partition coefficient (Wildman–Crippen LogP) is 2.29. The molecule has 0 saturated carbocycles. The number of nitrogens with zero attached hydrogens (tertiary/aromatic N) is 3. The van der Waals surface area contributed by atoms with Crippen LogP contribution in [0.15, 0.2) is 45.7 Å². The predicted molar refractivity (Wildman–Crippen MR) is 111 cm³/mol. The highest BCUT2D eigenvalue weighted by Crippen LogP contribution is 2.26. The summed E-state index contributed by atoms with van der Waals surface area (Å²) in [6.07, 6.45) is 0.291. The topological polar surface area (TPSA) is 112 Å². The van der Waals surface area contributed by atoms with Gasteiger partial charge >= 0.3 is 12.6 Å². The molecule has 3 rings (SSSR count). The van der Waals surface area contributed by atoms with E-state index in [0.717, 1.165) is 9.48 Å². The highest BCUT2D eigenvalue weighted by Gasteiger charge is 2.17. The van der Waals surface area contributed by atoms with Crippen LogP contribution in [0.1, 0.15) is 11.1 Å². The quantitative estimate of drug-likeness (QED) is 0.367. The van der Waals surface area contributed by atoms with Crippen molar-refractivity contribution in [2.24, 2.45) is 12.8 Å². The normalized spacial score (nSPS) is 11.0. The van der Waals surface area contributed by atoms with E-state index in [1.807, 2.05) is 0 Å². The van der Waals surface area contributed by atoms with Crippen molar-refractivity contribution in [3.05, 3.63) is 62.4 Å². The molecule has 3 aromatic rings. The number of nitrogens with one attached hydrogen (secondary N) is 1. The second-order valence-electron chi connectivity index (χ2n) is 6.54. The van der Waals surface area contributed by atoms with Gasteiger partial charge in [-0.2, -0.15) is 8.78 Å². The summed E-state index contributed by atoms with van der Waals surface area (Å²) >= 11 is 3.37. The van der Waals surface area contributed by atoms with Crippen molar-refractivity contribution in [1.82, 2.24) is 19.8 Å². The van der Waals surface area contributed by atoms with Crippen LogP contribution in [-0.2, 0) is 24.9 Å². The summed E-state index contributed by atoms with van der Waals surface area (Å²) in [4.78, 5) is 34.7. The molecule has 1 heterocycles. The molecule has 31 heavy (non-hydrogen) atoms. The van der Waals surface area contributed by atoms with Crippen molar-refractivity contribution < 1.29 is 23.1 Å². The maximum Gasteiger partial charge on any atom is 0.387 e. The van der Waals surface area contributed by atoms with Gasteiger partial charge in [0.2, 0.25) is 6.41 Å². The lowest BCUT2D eigenvalue weighted by atomic mass is 10.1. The fourth-order valence-electron chi connectivity index (χ4n) is 3.20. The van der Waals surface area contributed by atoms with E-state index >= 15 is 0 Å². The Morgan fingerprint density at radius 2 is 2.06 bits per heavy atom. The number of rotatable bonds is 8. The summed E-state index contributed by atoms with van der Waals surface area (Å²) < 4.78 is 34.2. The fourth-order valence-corrected chi connectivity index (χ4v) is 3.55. The molecule has 3 N–H and O–H groups in total. The van der Waals surface area contributed by atoms with Crippen LogP contribution in [0.4, 0.5) is 13.6 Å². The van der Waals surface area contributed by atoms with Crippen LogP contribution in [0.2, 0.25) is 0 Å². The van der Waals surface area contributed by atoms with Crippen molar-refractivity contribution >= 4 is 39.3 Å². The first-order valence-electron chi connectivity index (χ1n) is 8.89. The SMILES string of the molecule is Cn1c(=O)c2ccc(Br)cc2n1Cc1cc(CN(NC=O)C(N)=O)ccc1OC(F)F. The van der Waals surface area contributed by atoms with Gasteiger partial charge in [-0.05, 0) is 35.9 Å². The Morgan fingerprint density at radius 1 is 1.32 bits per heavy atom. The van der Waals surface area contributed by atoms with Crippen molar-refractivity contribution in [2.75, 3.05) is 0 Å². The molecule has 0 fully saturated rings. The third-order valence-electron chi connectivity index (χ3n) is 4.60. The first-order chi connectivity index (χ1) is 14.7. The van der Waals surface area contributed by atoms with E-state index in [1.165, 1.54) is 22.9 Å². The number of nitrogens with two attached hydrogens (primary N) is 1. The summed E-state index contributed by atoms with van der Waals surface area (Å²) in [5, 5.41) is 1.32. The number of halogens is 3. The summed E-state index contributed by atoms with van der Waals surface area (Å²) in [6.45, 7) is -3.13. The van der Waals surface area contributed by atoms with Crippen LogP contribution in [-0.4, -0.2) is 33.4 Å². The van der Waals surface area contributed by atoms with Crippen LogP contribution < -0.4 is 21.5 Å². The number of benzene rings is 2. The summed E-state index contributed by atoms with van der Waals surface area (Å²) in [7, 11) is 1.57. The maximum absolute atomic E-state index is 12.9. The average Bonchev–Trinajstić information content (AvgIpc) is 2.93. The molecule has 0 atom stereocenters. The average molecular weight is 498 g/mol. The van der Waals surface area contributed by atoms with Crippen LogP contribution in [0.5, 0.6) is 5.75 Å². The van der Waals surface area contributed by atoms with E-state index in [4.69, 9.17) is 5.73 Å². The van der Waals surface area contributed by atoms with E-state index in [2.05, 4.69) is 26.1 Å². The Kier molecular flexibility index (Phi) is 6.59. The standard InChI is InChI=1S/C19H18BrF2N5O4/c1-25-17(29)14-4-3-13(20)7-15(14)27(25)9-12-6-11(2-5-16(12)31-18(21)22)8-26(19(23)30)24-10-28/h2-7,10,18H,8-9H2,1H3,(H2,23,30)(H,24,28). The number of alkyl halides is 2. The first kappa shape index (κ1) is 22.3. The van der Waals surface area contributed by atoms with Gasteiger partial charge in [0.15, 0.2) is 0 Å². The van der Waals surface area contributed by atoms with Crippen molar-refractivity contribution in [1.29, 1.82) is 0 Å². The molecule has 0 aliphatic heterocycles. The van der Waals surface area contributed by atoms with Gasteiger partial charge in [0, 0.05) is 17.1 Å². The third-order valence-corrected chi connectivity index (χ3v) is 5.09. The van der Waals surface area contributed by atoms with E-state index in [0.29, 0.717) is 28.4 Å². The lowest BCUT2D eigenvalue weighted by molar-refractivity contribution is -0.112. The number of hydrogen-bond acceptors (Lipinski definition) is 4. The Balaban J connectivity index is 2.06. The Morgan fingerprint density at radius 3 is 2.71 bits per heavy atom. The number of amides is 3. The molecule has 0 saturated heterocycles. The molecule has 0 aliphatic carbocycles. The minimum Gasteiger partial charge on any atom is -0.434 e. The lowest BCUT2D eigenvalue weighted by Crippen LogP contribution is -2.44. The van der Waals surface area contributed by atoms with Crippen molar-refractivity contribution in [3.8, 4) is 5.75 Å². The monoisotopic (exact) mass is 497 g/mol. The smallest absolute Gasteiger partial charge is 0.387 e. The molecular weight excluding hydrogens is 480 g/mol. The highest BCUT2D eigenvalue weighted by molar-refractivity contribution is 9.10. The van der Waals surface area contributed by atoms with Crippen LogP contribution in [0, 0.1) is 0 Å². The molecule has 2 aromatic carbocycles. The molecule has 0 radical (unpaired) electrons. The Labute approximate surface area is 183 Å². The number of hydrazine groups is 1. The third kappa shape index (κ3) is 4.85. The van der Waals surface area contributed by atoms with E-state index < -0.39 is 12.6 Å². The number of urea groups is 1. The van der Waals surface area contributed by atoms with E-state index in [9.17, 15) is 23.2 Å². The largest absolute Gasteiger partial charge is 0.434 e. The summed E-state index contributed by atoms with van der Waals surface area (Å²) in [5.41, 5.74) is 8.56. The number of primary amides is 1. The van der Waals surface area contributed by atoms with Crippen LogP contribution in [0.3, 0.4) is 0 Å². The zero-order valence-electron chi connectivity index (χ0n) is 16.2. The van der Waals surface area contributed by atoms with Crippen LogP contribution >= 0.6 is 15.9 Å². The molecule has 0 bridgehead atoms. The van der Waals surface area contributed by atoms with Gasteiger partial charge in [-0.25, -0.2) is 9.80 Å². The van der Waals surface area contributed by atoms with Gasteiger partial charge in [0.25, 0.3) is 5.56 Å². The van der Waals surface area contributed by atoms with E-state index in [1.54, 1.807) is 29.9 Å². The van der Waals surface area contributed by atoms with Gasteiger partial charge in [-0.3, -0.25) is 24.4 Å². The van der Waals surface area contributed by atoms with E-state index in [-0.39, 0.29) is 24.4 Å². The minimum atomic E-state index is -3.05. The molecule has 3 amide bonds. The molecule has 12 heteroatoms. The lowest BCUT2D eigenvalue weighted by Gasteiger charge is -2.20. The van der Waals surface area contributed by atoms with Gasteiger partial charge in [0.05, 0.1) is 24.0 Å². The van der Waals surface area contributed by atoms with Gasteiger partial charge in [-0.1, -0.05) is 22.0 Å². The molecule has 1 aromatic heterocycles. The second kappa shape index (κ2) is 9.16. The Hall–Kier alpha value is -3.41. The Bertz CT molecular complexity index is 1190. The molecule has 164 valence electrons. The van der Waals surface area contributed by atoms with Gasteiger partial charge in [-0.15, -0.1) is 0 Å². The minimum absolute atomic E-state index is 0.0271. The molecule has 0 unspecified atom stereocenters. The molecular formula is C19H18BrF2N5O4. The van der Waals surface area contributed by atoms with Crippen molar-refractivity contribution in [3.63, 3.8) is 0 Å². The van der Waals surface area contributed by atoms with Crippen molar-refractivity contribution in [2.45, 2.75) is 19.7 Å². The van der Waals surface area contributed by atoms with Gasteiger partial charge < -0.3 is 10.5 Å². The second-order valence-corrected chi connectivity index (χ2v) is 7.46. The number of carbonyl (C=O) groups is 2. The summed E-state index contributed by atoms with van der Waals surface area (Å²) in [6, 6.07) is 8.58. The number of hydrogen-bond donors (Lipinski definition) is 2. The number of aromatic nitrogens is 2. The zero-order chi connectivity index (χ0) is 22.7. The van der Waals surface area contributed by atoms with Crippen LogP contribution in [0.25, 0.3) is 10.9 Å². The summed E-state index contributed by atoms with van der Waals surface area (Å²) in [5.74, 6) is -0.0861. The number of carbonyl (C=O) groups excluding carboxylic acids is 2. The van der Waals surface area contributed by atoms with Gasteiger partial charge in [0.1, 0.15) is 5.75 Å². The maximum atomic E-state index is 12.9. The number of fused-ring (bicyclic) bond motifs is 1. The first-order valence-corrected chi connectivity index (χ1v) is 9.69. The molecule has 0 spiro atoms. The zero-order valence-corrected chi connectivity index (χ0v) is 17.8.